The fourth-order valence-corrected chi connectivity index (χ4v) is 5.20. The minimum atomic E-state index is 0. The molecule has 0 bridgehead atoms. The van der Waals surface area contributed by atoms with E-state index in [1.54, 1.807) is 6.20 Å². The van der Waals surface area contributed by atoms with E-state index in [2.05, 4.69) is 44.9 Å². The summed E-state index contributed by atoms with van der Waals surface area (Å²) in [5, 5.41) is 4.24. The second-order valence-electron chi connectivity index (χ2n) is 8.73. The molecule has 1 aromatic carbocycles. The summed E-state index contributed by atoms with van der Waals surface area (Å²) in [6.45, 7) is 5.96. The van der Waals surface area contributed by atoms with E-state index >= 15 is 0 Å². The lowest BCUT2D eigenvalue weighted by Gasteiger charge is -2.33. The van der Waals surface area contributed by atoms with Gasteiger partial charge in [0.2, 0.25) is 5.95 Å². The number of hydrogen-bond acceptors (Lipinski definition) is 6. The smallest absolute Gasteiger partial charge is 0.204 e. The average molecular weight is 476 g/mol. The highest BCUT2D eigenvalue weighted by Gasteiger charge is 2.30. The van der Waals surface area contributed by atoms with Crippen LogP contribution in [0.25, 0.3) is 11.0 Å². The van der Waals surface area contributed by atoms with Crippen molar-refractivity contribution in [3.8, 4) is 0 Å². The van der Waals surface area contributed by atoms with E-state index in [0.29, 0.717) is 11.2 Å². The Morgan fingerprint density at radius 3 is 2.70 bits per heavy atom. The lowest BCUT2D eigenvalue weighted by Crippen LogP contribution is -2.41. The predicted octanol–water partition coefficient (Wildman–Crippen LogP) is 1.90. The summed E-state index contributed by atoms with van der Waals surface area (Å²) in [4.78, 5) is 16.8. The Labute approximate surface area is 199 Å². The first-order chi connectivity index (χ1) is 15.1. The van der Waals surface area contributed by atoms with E-state index < -0.39 is 0 Å². The lowest BCUT2D eigenvalue weighted by atomic mass is 9.95. The molecule has 0 saturated carbocycles. The SMILES string of the molecule is Cc1cccc2c1nc(NC1CCN(CCN)CC1)n2C1CCCc2ncc(Cl)nc21.O.O. The minimum absolute atomic E-state index is 0. The molecule has 1 unspecified atom stereocenters. The van der Waals surface area contributed by atoms with Crippen LogP contribution in [-0.2, 0) is 6.42 Å². The van der Waals surface area contributed by atoms with Gasteiger partial charge in [0.1, 0.15) is 5.15 Å². The van der Waals surface area contributed by atoms with Crippen LogP contribution in [0.4, 0.5) is 5.95 Å². The third kappa shape index (κ3) is 4.97. The Balaban J connectivity index is 0.00000153. The monoisotopic (exact) mass is 475 g/mol. The fraction of sp³-hybridized carbons (Fsp3) is 0.522. The molecule has 9 nitrogen and oxygen atoms in total. The Morgan fingerprint density at radius 1 is 1.15 bits per heavy atom. The minimum Gasteiger partial charge on any atom is -0.412 e. The van der Waals surface area contributed by atoms with Gasteiger partial charge in [0.15, 0.2) is 0 Å². The number of piperidine rings is 1. The number of imidazole rings is 1. The van der Waals surface area contributed by atoms with Gasteiger partial charge in [-0.25, -0.2) is 9.97 Å². The number of aryl methyl sites for hydroxylation is 2. The zero-order chi connectivity index (χ0) is 21.4. The molecule has 1 aliphatic heterocycles. The summed E-state index contributed by atoms with van der Waals surface area (Å²) in [7, 11) is 0. The lowest BCUT2D eigenvalue weighted by molar-refractivity contribution is 0.224. The van der Waals surface area contributed by atoms with E-state index in [0.717, 1.165) is 86.7 Å². The maximum atomic E-state index is 6.25. The molecule has 1 atom stereocenters. The Bertz CT molecular complexity index is 1080. The first-order valence-corrected chi connectivity index (χ1v) is 11.7. The molecule has 3 aromatic rings. The predicted molar refractivity (Wildman–Crippen MR) is 132 cm³/mol. The molecule has 0 amide bonds. The highest BCUT2D eigenvalue weighted by Crippen LogP contribution is 2.37. The second kappa shape index (κ2) is 10.8. The maximum Gasteiger partial charge on any atom is 0.204 e. The van der Waals surface area contributed by atoms with Crippen molar-refractivity contribution in [3.63, 3.8) is 0 Å². The number of anilines is 1. The van der Waals surface area contributed by atoms with Crippen molar-refractivity contribution in [2.75, 3.05) is 31.5 Å². The summed E-state index contributed by atoms with van der Waals surface area (Å²) in [6, 6.07) is 6.88. The Morgan fingerprint density at radius 2 is 1.94 bits per heavy atom. The van der Waals surface area contributed by atoms with Crippen molar-refractivity contribution in [1.29, 1.82) is 0 Å². The van der Waals surface area contributed by atoms with Crippen LogP contribution in [0.1, 0.15) is 48.7 Å². The number of hydrogen-bond donors (Lipinski definition) is 2. The number of para-hydroxylation sites is 1. The maximum absolute atomic E-state index is 6.25. The Kier molecular flexibility index (Phi) is 8.25. The molecule has 10 heteroatoms. The first kappa shape index (κ1) is 25.3. The Hall–Kier alpha value is -2.30. The van der Waals surface area contributed by atoms with Gasteiger partial charge < -0.3 is 31.5 Å². The van der Waals surface area contributed by atoms with Gasteiger partial charge in [-0.05, 0) is 50.7 Å². The summed E-state index contributed by atoms with van der Waals surface area (Å²) in [5.74, 6) is 0.932. The first-order valence-electron chi connectivity index (χ1n) is 11.3. The number of rotatable bonds is 5. The quantitative estimate of drug-likeness (QED) is 0.575. The molecular formula is C23H34ClN7O2. The topological polar surface area (TPSA) is 148 Å². The number of halogens is 1. The van der Waals surface area contributed by atoms with Gasteiger partial charge in [-0.1, -0.05) is 23.7 Å². The van der Waals surface area contributed by atoms with Crippen LogP contribution in [0.2, 0.25) is 5.15 Å². The number of benzene rings is 1. The largest absolute Gasteiger partial charge is 0.412 e. The molecule has 1 saturated heterocycles. The molecule has 2 aromatic heterocycles. The third-order valence-corrected chi connectivity index (χ3v) is 6.84. The van der Waals surface area contributed by atoms with E-state index in [4.69, 9.17) is 27.3 Å². The van der Waals surface area contributed by atoms with Crippen LogP contribution in [-0.4, -0.2) is 67.6 Å². The summed E-state index contributed by atoms with van der Waals surface area (Å²) in [6.07, 6.45) is 6.88. The molecule has 3 heterocycles. The van der Waals surface area contributed by atoms with Gasteiger partial charge in [0.25, 0.3) is 0 Å². The zero-order valence-corrected chi connectivity index (χ0v) is 19.8. The summed E-state index contributed by atoms with van der Waals surface area (Å²) in [5.41, 5.74) is 11.1. The van der Waals surface area contributed by atoms with E-state index in [1.165, 1.54) is 5.56 Å². The van der Waals surface area contributed by atoms with E-state index in [1.807, 2.05) is 0 Å². The number of nitrogens with two attached hydrogens (primary N) is 1. The molecule has 180 valence electrons. The summed E-state index contributed by atoms with van der Waals surface area (Å²) < 4.78 is 2.34. The molecule has 0 spiro atoms. The van der Waals surface area contributed by atoms with Crippen LogP contribution in [0.15, 0.2) is 24.4 Å². The van der Waals surface area contributed by atoms with Crippen molar-refractivity contribution in [1.82, 2.24) is 24.4 Å². The van der Waals surface area contributed by atoms with Gasteiger partial charge >= 0.3 is 0 Å². The highest BCUT2D eigenvalue weighted by atomic mass is 35.5. The van der Waals surface area contributed by atoms with Gasteiger partial charge in [0, 0.05) is 32.2 Å². The number of likely N-dealkylation sites (tertiary alicyclic amines) is 1. The van der Waals surface area contributed by atoms with Crippen LogP contribution in [0.5, 0.6) is 0 Å². The van der Waals surface area contributed by atoms with Crippen molar-refractivity contribution in [2.45, 2.75) is 51.1 Å². The molecule has 1 aliphatic carbocycles. The summed E-state index contributed by atoms with van der Waals surface area (Å²) >= 11 is 6.25. The molecular weight excluding hydrogens is 442 g/mol. The van der Waals surface area contributed by atoms with Crippen molar-refractivity contribution in [3.05, 3.63) is 46.5 Å². The zero-order valence-electron chi connectivity index (χ0n) is 19.0. The molecule has 1 fully saturated rings. The molecule has 0 radical (unpaired) electrons. The van der Waals surface area contributed by atoms with Gasteiger partial charge in [-0.15, -0.1) is 0 Å². The molecule has 33 heavy (non-hydrogen) atoms. The van der Waals surface area contributed by atoms with Crippen LogP contribution in [0, 0.1) is 6.92 Å². The molecule has 5 rings (SSSR count). The fourth-order valence-electron chi connectivity index (χ4n) is 5.06. The van der Waals surface area contributed by atoms with E-state index in [-0.39, 0.29) is 17.0 Å². The third-order valence-electron chi connectivity index (χ3n) is 6.66. The van der Waals surface area contributed by atoms with Gasteiger partial charge in [-0.2, -0.15) is 0 Å². The van der Waals surface area contributed by atoms with Gasteiger partial charge in [0.05, 0.1) is 34.7 Å². The standard InChI is InChI=1S/C23H30ClN7.2H2O/c1-15-4-2-6-18-21(15)29-23(27-16-8-11-30(12-9-16)13-10-25)31(18)19-7-3-5-17-22(19)28-20(24)14-26-17;;/h2,4,6,14,16,19H,3,5,7-13,25H2,1H3,(H,27,29);2*1H2. The number of nitrogens with one attached hydrogen (secondary N) is 1. The van der Waals surface area contributed by atoms with Crippen LogP contribution in [0.3, 0.4) is 0 Å². The van der Waals surface area contributed by atoms with E-state index in [9.17, 15) is 0 Å². The van der Waals surface area contributed by atoms with Crippen molar-refractivity contribution in [2.24, 2.45) is 5.73 Å². The molecule has 7 N–H and O–H groups in total. The second-order valence-corrected chi connectivity index (χ2v) is 9.12. The number of fused-ring (bicyclic) bond motifs is 2. The number of aromatic nitrogens is 4. The van der Waals surface area contributed by atoms with Crippen molar-refractivity contribution < 1.29 is 11.0 Å². The van der Waals surface area contributed by atoms with Crippen LogP contribution >= 0.6 is 11.6 Å². The molecule has 2 aliphatic rings. The normalized spacial score (nSPS) is 18.9. The van der Waals surface area contributed by atoms with Crippen LogP contribution < -0.4 is 11.1 Å². The highest BCUT2D eigenvalue weighted by molar-refractivity contribution is 6.29. The van der Waals surface area contributed by atoms with Crippen molar-refractivity contribution >= 4 is 28.6 Å². The number of nitrogens with zero attached hydrogens (tertiary/aromatic N) is 5. The van der Waals surface area contributed by atoms with Gasteiger partial charge in [-0.3, -0.25) is 4.98 Å². The average Bonchev–Trinajstić information content (AvgIpc) is 3.14.